The molecule has 6 amide bonds. The van der Waals surface area contributed by atoms with E-state index in [1.807, 2.05) is 6.92 Å². The van der Waals surface area contributed by atoms with Crippen LogP contribution < -0.4 is 10.6 Å². The lowest BCUT2D eigenvalue weighted by molar-refractivity contribution is -0.161. The van der Waals surface area contributed by atoms with E-state index in [1.165, 1.54) is 21.6 Å². The number of piperazine rings is 1. The van der Waals surface area contributed by atoms with Gasteiger partial charge in [0.2, 0.25) is 11.8 Å². The van der Waals surface area contributed by atoms with Crippen LogP contribution in [0.15, 0.2) is 24.3 Å². The van der Waals surface area contributed by atoms with E-state index in [9.17, 15) is 33.9 Å². The summed E-state index contributed by atoms with van der Waals surface area (Å²) in [5.74, 6) is -3.65. The maximum absolute atomic E-state index is 12.8. The normalized spacial score (nSPS) is 24.5. The number of carboxylic acids is 1. The van der Waals surface area contributed by atoms with E-state index in [0.29, 0.717) is 24.2 Å². The molecule has 0 radical (unpaired) electrons. The second-order valence-corrected chi connectivity index (χ2v) is 11.4. The number of rotatable bonds is 7. The van der Waals surface area contributed by atoms with Crippen LogP contribution >= 0.6 is 11.8 Å². The smallest absolute Gasteiger partial charge is 0.329 e. The molecule has 1 unspecified atom stereocenters. The van der Waals surface area contributed by atoms with Gasteiger partial charge < -0.3 is 25.5 Å². The molecule has 0 saturated carbocycles. The number of urea groups is 1. The van der Waals surface area contributed by atoms with E-state index in [2.05, 4.69) is 10.6 Å². The molecule has 12 nitrogen and oxygen atoms in total. The van der Waals surface area contributed by atoms with Gasteiger partial charge in [0, 0.05) is 30.1 Å². The molecule has 0 aromatic heterocycles. The number of hydrogen-bond donors (Lipinski definition) is 3. The van der Waals surface area contributed by atoms with Crippen LogP contribution in [0.4, 0.5) is 10.5 Å². The van der Waals surface area contributed by atoms with Gasteiger partial charge >= 0.3 is 23.8 Å². The van der Waals surface area contributed by atoms with Gasteiger partial charge in [-0.2, -0.15) is 0 Å². The fourth-order valence-corrected chi connectivity index (χ4v) is 6.50. The molecule has 3 atom stereocenters. The molecule has 0 aliphatic carbocycles. The molecule has 3 aliphatic rings. The zero-order valence-electron chi connectivity index (χ0n) is 20.7. The number of carbonyl (C=O) groups is 6. The Morgan fingerprint density at radius 2 is 1.81 bits per heavy atom. The number of carboxylic acid groups (broad SMARTS) is 1. The molecule has 0 bridgehead atoms. The van der Waals surface area contributed by atoms with E-state index >= 15 is 0 Å². The second-order valence-electron chi connectivity index (χ2n) is 9.66. The predicted octanol–water partition coefficient (Wildman–Crippen LogP) is 0.474. The standard InChI is InChI=1S/C24H29N5O7S/c1-4-9-27-10-11-28(20(33)19(27)32)23(36)25-14-8-6-5-7-13(14)12-15(30)26-16-18(31)29-17(22(34)35)24(2,3)37-21(16)29/h5-8,16-17,21H,4,9-12H2,1-3H3,(H,25,36)(H,26,30)(H,34,35)/t16?,17-,21+/m0/s1. The summed E-state index contributed by atoms with van der Waals surface area (Å²) in [6, 6.07) is 3.95. The summed E-state index contributed by atoms with van der Waals surface area (Å²) in [6.45, 7) is 6.14. The molecule has 3 N–H and O–H groups in total. The molecule has 13 heteroatoms. The summed E-state index contributed by atoms with van der Waals surface area (Å²) in [6.07, 6.45) is 0.531. The minimum absolute atomic E-state index is 0.0616. The Labute approximate surface area is 217 Å². The number of anilines is 1. The maximum atomic E-state index is 12.8. The van der Waals surface area contributed by atoms with E-state index < -0.39 is 57.8 Å². The van der Waals surface area contributed by atoms with Gasteiger partial charge in [-0.3, -0.25) is 24.1 Å². The first-order valence-corrected chi connectivity index (χ1v) is 12.9. The van der Waals surface area contributed by atoms with Crippen molar-refractivity contribution < 1.29 is 33.9 Å². The molecule has 3 aliphatic heterocycles. The number of nitrogens with one attached hydrogen (secondary N) is 2. The quantitative estimate of drug-likeness (QED) is 0.339. The van der Waals surface area contributed by atoms with Gasteiger partial charge in [-0.05, 0) is 31.9 Å². The lowest BCUT2D eigenvalue weighted by Gasteiger charge is -2.43. The van der Waals surface area contributed by atoms with E-state index in [0.717, 1.165) is 4.90 Å². The van der Waals surface area contributed by atoms with Gasteiger partial charge in [0.15, 0.2) is 0 Å². The Morgan fingerprint density at radius 1 is 1.11 bits per heavy atom. The van der Waals surface area contributed by atoms with Crippen molar-refractivity contribution in [2.45, 2.75) is 55.8 Å². The number of hydrogen-bond acceptors (Lipinski definition) is 7. The van der Waals surface area contributed by atoms with Crippen LogP contribution in [0.2, 0.25) is 0 Å². The summed E-state index contributed by atoms with van der Waals surface area (Å²) in [7, 11) is 0. The summed E-state index contributed by atoms with van der Waals surface area (Å²) in [5.41, 5.74) is 0.742. The fraction of sp³-hybridized carbons (Fsp3) is 0.500. The molecule has 3 saturated heterocycles. The molecule has 37 heavy (non-hydrogen) atoms. The summed E-state index contributed by atoms with van der Waals surface area (Å²) >= 11 is 1.33. The average Bonchev–Trinajstić information content (AvgIpc) is 3.09. The van der Waals surface area contributed by atoms with Crippen LogP contribution in [-0.2, 0) is 30.4 Å². The lowest BCUT2D eigenvalue weighted by Crippen LogP contribution is -2.70. The Hall–Kier alpha value is -3.61. The Morgan fingerprint density at radius 3 is 2.49 bits per heavy atom. The van der Waals surface area contributed by atoms with E-state index in [4.69, 9.17) is 0 Å². The van der Waals surface area contributed by atoms with E-state index in [1.54, 1.807) is 38.1 Å². The third kappa shape index (κ3) is 4.87. The molecule has 198 valence electrons. The minimum atomic E-state index is -1.09. The van der Waals surface area contributed by atoms with Gasteiger partial charge in [-0.15, -0.1) is 11.8 Å². The van der Waals surface area contributed by atoms with Crippen LogP contribution in [0, 0.1) is 0 Å². The van der Waals surface area contributed by atoms with Crippen molar-refractivity contribution in [3.05, 3.63) is 29.8 Å². The summed E-state index contributed by atoms with van der Waals surface area (Å²) in [4.78, 5) is 78.2. The first-order valence-electron chi connectivity index (χ1n) is 12.0. The summed E-state index contributed by atoms with van der Waals surface area (Å²) in [5, 5.41) is 14.4. The van der Waals surface area contributed by atoms with Gasteiger partial charge in [0.1, 0.15) is 17.5 Å². The first-order chi connectivity index (χ1) is 17.5. The molecule has 4 rings (SSSR count). The highest BCUT2D eigenvalue weighted by Gasteiger charge is 2.64. The number of amides is 6. The molecule has 3 fully saturated rings. The largest absolute Gasteiger partial charge is 0.480 e. The third-order valence-corrected chi connectivity index (χ3v) is 8.22. The number of benzene rings is 1. The number of para-hydroxylation sites is 1. The van der Waals surface area contributed by atoms with Gasteiger partial charge in [-0.25, -0.2) is 9.59 Å². The van der Waals surface area contributed by atoms with Crippen molar-refractivity contribution in [3.8, 4) is 0 Å². The van der Waals surface area contributed by atoms with Gasteiger partial charge in [0.05, 0.1) is 6.42 Å². The predicted molar refractivity (Wildman–Crippen MR) is 133 cm³/mol. The van der Waals surface area contributed by atoms with Crippen LogP contribution in [0.1, 0.15) is 32.8 Å². The first kappa shape index (κ1) is 26.5. The Bertz CT molecular complexity index is 1170. The number of carbonyl (C=O) groups excluding carboxylic acids is 5. The van der Waals surface area contributed by atoms with Crippen LogP contribution in [0.25, 0.3) is 0 Å². The maximum Gasteiger partial charge on any atom is 0.329 e. The fourth-order valence-electron chi connectivity index (χ4n) is 4.87. The van der Waals surface area contributed by atoms with Crippen LogP contribution in [0.3, 0.4) is 0 Å². The lowest BCUT2D eigenvalue weighted by atomic mass is 9.96. The minimum Gasteiger partial charge on any atom is -0.480 e. The highest BCUT2D eigenvalue weighted by molar-refractivity contribution is 8.01. The molecule has 0 spiro atoms. The highest BCUT2D eigenvalue weighted by atomic mass is 32.2. The monoisotopic (exact) mass is 531 g/mol. The highest BCUT2D eigenvalue weighted by Crippen LogP contribution is 2.50. The van der Waals surface area contributed by atoms with Crippen molar-refractivity contribution in [3.63, 3.8) is 0 Å². The number of β-lactam (4-membered cyclic amide) rings is 1. The van der Waals surface area contributed by atoms with Crippen molar-refractivity contribution >= 4 is 53.1 Å². The SMILES string of the molecule is CCCN1CCN(C(=O)Nc2ccccc2CC(=O)NC2C(=O)N3[C@@H]2SC(C)(C)[C@@H]3C(=O)O)C(=O)C1=O. The van der Waals surface area contributed by atoms with Crippen LogP contribution in [0.5, 0.6) is 0 Å². The zero-order valence-corrected chi connectivity index (χ0v) is 21.5. The number of fused-ring (bicyclic) bond motifs is 1. The van der Waals surface area contributed by atoms with Crippen molar-refractivity contribution in [1.29, 1.82) is 0 Å². The topological polar surface area (TPSA) is 156 Å². The van der Waals surface area contributed by atoms with Crippen molar-refractivity contribution in [2.24, 2.45) is 0 Å². The average molecular weight is 532 g/mol. The summed E-state index contributed by atoms with van der Waals surface area (Å²) < 4.78 is -0.705. The number of thioether (sulfide) groups is 1. The molecule has 3 heterocycles. The van der Waals surface area contributed by atoms with E-state index in [-0.39, 0.29) is 19.5 Å². The number of nitrogens with zero attached hydrogens (tertiary/aromatic N) is 3. The van der Waals surface area contributed by atoms with Crippen molar-refractivity contribution in [2.75, 3.05) is 25.0 Å². The molecule has 1 aromatic carbocycles. The second kappa shape index (κ2) is 10.0. The zero-order chi connectivity index (χ0) is 27.1. The van der Waals surface area contributed by atoms with Crippen molar-refractivity contribution in [1.82, 2.24) is 20.0 Å². The molecular weight excluding hydrogens is 502 g/mol. The third-order valence-electron chi connectivity index (χ3n) is 6.65. The molecular formula is C24H29N5O7S. The Kier molecular flexibility index (Phi) is 7.18. The number of aliphatic carboxylic acids is 1. The van der Waals surface area contributed by atoms with Gasteiger partial charge in [0.25, 0.3) is 0 Å². The Balaban J connectivity index is 1.39. The number of imide groups is 1. The molecule has 1 aromatic rings. The van der Waals surface area contributed by atoms with Gasteiger partial charge in [-0.1, -0.05) is 25.1 Å². The van der Waals surface area contributed by atoms with Crippen LogP contribution in [-0.4, -0.2) is 97.3 Å².